The zero-order chi connectivity index (χ0) is 10.1. The molecule has 1 aromatic carbocycles. The van der Waals surface area contributed by atoms with Crippen molar-refractivity contribution in [1.82, 2.24) is 0 Å². The molecular formula is C10H12BrN3. The van der Waals surface area contributed by atoms with Gasteiger partial charge in [-0.15, -0.1) is 0 Å². The van der Waals surface area contributed by atoms with E-state index < -0.39 is 0 Å². The Morgan fingerprint density at radius 3 is 2.93 bits per heavy atom. The normalized spacial score (nSPS) is 21.1. The van der Waals surface area contributed by atoms with Crippen LogP contribution in [0.3, 0.4) is 0 Å². The van der Waals surface area contributed by atoms with Crippen LogP contribution in [-0.2, 0) is 0 Å². The maximum Gasteiger partial charge on any atom is 0.196 e. The number of anilines is 1. The average molecular weight is 254 g/mol. The van der Waals surface area contributed by atoms with Gasteiger partial charge in [-0.1, -0.05) is 22.0 Å². The highest BCUT2D eigenvalue weighted by molar-refractivity contribution is 9.10. The van der Waals surface area contributed by atoms with Gasteiger partial charge in [0.2, 0.25) is 0 Å². The van der Waals surface area contributed by atoms with Gasteiger partial charge in [0.15, 0.2) is 5.96 Å². The zero-order valence-corrected chi connectivity index (χ0v) is 9.53. The molecule has 0 saturated carbocycles. The van der Waals surface area contributed by atoms with E-state index in [1.54, 1.807) is 0 Å². The van der Waals surface area contributed by atoms with Gasteiger partial charge >= 0.3 is 0 Å². The van der Waals surface area contributed by atoms with Crippen LogP contribution >= 0.6 is 15.9 Å². The van der Waals surface area contributed by atoms with Crippen molar-refractivity contribution in [2.45, 2.75) is 13.0 Å². The maximum absolute atomic E-state index is 5.81. The van der Waals surface area contributed by atoms with Crippen LogP contribution in [0.25, 0.3) is 0 Å². The van der Waals surface area contributed by atoms with E-state index in [1.165, 1.54) is 0 Å². The summed E-state index contributed by atoms with van der Waals surface area (Å²) < 4.78 is 1.06. The molecule has 2 rings (SSSR count). The van der Waals surface area contributed by atoms with Crippen molar-refractivity contribution in [2.24, 2.45) is 10.7 Å². The topological polar surface area (TPSA) is 41.6 Å². The summed E-state index contributed by atoms with van der Waals surface area (Å²) in [6, 6.07) is 8.43. The number of guanidine groups is 1. The van der Waals surface area contributed by atoms with Crippen LogP contribution in [0.5, 0.6) is 0 Å². The molecule has 1 aromatic rings. The number of rotatable bonds is 1. The summed E-state index contributed by atoms with van der Waals surface area (Å²) in [5.41, 5.74) is 6.90. The number of nitrogens with zero attached hydrogens (tertiary/aromatic N) is 2. The highest BCUT2D eigenvalue weighted by atomic mass is 79.9. The van der Waals surface area contributed by atoms with Gasteiger partial charge in [-0.2, -0.15) is 0 Å². The van der Waals surface area contributed by atoms with Crippen LogP contribution < -0.4 is 10.6 Å². The lowest BCUT2D eigenvalue weighted by Gasteiger charge is -2.23. The third-order valence-corrected chi connectivity index (χ3v) is 2.78. The average Bonchev–Trinajstić information content (AvgIpc) is 2.46. The van der Waals surface area contributed by atoms with Crippen LogP contribution in [-0.4, -0.2) is 18.5 Å². The Kier molecular flexibility index (Phi) is 2.46. The first-order valence-corrected chi connectivity index (χ1v) is 5.32. The third-order valence-electron chi connectivity index (χ3n) is 2.29. The molecule has 0 fully saturated rings. The van der Waals surface area contributed by atoms with E-state index in [4.69, 9.17) is 5.73 Å². The first-order chi connectivity index (χ1) is 6.68. The Morgan fingerprint density at radius 2 is 2.36 bits per heavy atom. The highest BCUT2D eigenvalue weighted by Crippen LogP contribution is 2.23. The van der Waals surface area contributed by atoms with Crippen molar-refractivity contribution in [3.05, 3.63) is 28.7 Å². The highest BCUT2D eigenvalue weighted by Gasteiger charge is 2.23. The van der Waals surface area contributed by atoms with Crippen LogP contribution in [0.1, 0.15) is 6.92 Å². The van der Waals surface area contributed by atoms with Crippen LogP contribution in [0.2, 0.25) is 0 Å². The summed E-state index contributed by atoms with van der Waals surface area (Å²) in [4.78, 5) is 6.26. The van der Waals surface area contributed by atoms with Gasteiger partial charge in [-0.05, 0) is 25.1 Å². The standard InChI is InChI=1S/C10H12BrN3/c1-7-6-13-10(12)14(7)9-4-2-3-8(11)5-9/h2-5,7H,6H2,1H3,(H2,12,13). The molecule has 1 aliphatic heterocycles. The lowest BCUT2D eigenvalue weighted by atomic mass is 10.2. The SMILES string of the molecule is CC1CN=C(N)N1c1cccc(Br)c1. The fraction of sp³-hybridized carbons (Fsp3) is 0.300. The van der Waals surface area contributed by atoms with Crippen molar-refractivity contribution < 1.29 is 0 Å². The zero-order valence-electron chi connectivity index (χ0n) is 7.94. The van der Waals surface area contributed by atoms with Gasteiger partial charge in [0.05, 0.1) is 12.6 Å². The van der Waals surface area contributed by atoms with E-state index in [2.05, 4.69) is 27.8 Å². The molecule has 0 radical (unpaired) electrons. The van der Waals surface area contributed by atoms with Crippen molar-refractivity contribution in [1.29, 1.82) is 0 Å². The number of halogens is 1. The van der Waals surface area contributed by atoms with Crippen molar-refractivity contribution in [2.75, 3.05) is 11.4 Å². The molecule has 4 heteroatoms. The van der Waals surface area contributed by atoms with Gasteiger partial charge in [0, 0.05) is 10.2 Å². The summed E-state index contributed by atoms with van der Waals surface area (Å²) in [5.74, 6) is 0.607. The maximum atomic E-state index is 5.81. The molecule has 74 valence electrons. The molecule has 0 aliphatic carbocycles. The van der Waals surface area contributed by atoms with E-state index in [9.17, 15) is 0 Å². The number of nitrogens with two attached hydrogens (primary N) is 1. The molecule has 2 N–H and O–H groups in total. The van der Waals surface area contributed by atoms with E-state index in [-0.39, 0.29) is 0 Å². The Balaban J connectivity index is 2.35. The Labute approximate surface area is 91.7 Å². The molecule has 0 amide bonds. The van der Waals surface area contributed by atoms with Crippen molar-refractivity contribution in [3.8, 4) is 0 Å². The molecule has 0 aromatic heterocycles. The Morgan fingerprint density at radius 1 is 1.57 bits per heavy atom. The van der Waals surface area contributed by atoms with Gasteiger partial charge in [0.25, 0.3) is 0 Å². The van der Waals surface area contributed by atoms with Crippen molar-refractivity contribution in [3.63, 3.8) is 0 Å². The molecule has 0 saturated heterocycles. The largest absolute Gasteiger partial charge is 0.370 e. The third kappa shape index (κ3) is 1.62. The van der Waals surface area contributed by atoms with E-state index in [0.717, 1.165) is 16.7 Å². The molecular weight excluding hydrogens is 242 g/mol. The van der Waals surface area contributed by atoms with Gasteiger partial charge in [-0.3, -0.25) is 4.99 Å². The van der Waals surface area contributed by atoms with Gasteiger partial charge < -0.3 is 10.6 Å². The second-order valence-electron chi connectivity index (χ2n) is 3.40. The minimum absolute atomic E-state index is 0.351. The van der Waals surface area contributed by atoms with E-state index >= 15 is 0 Å². The predicted octanol–water partition coefficient (Wildman–Crippen LogP) is 1.97. The van der Waals surface area contributed by atoms with Crippen LogP contribution in [0.15, 0.2) is 33.7 Å². The molecule has 14 heavy (non-hydrogen) atoms. The Hall–Kier alpha value is -1.03. The van der Waals surface area contributed by atoms with Crippen LogP contribution in [0, 0.1) is 0 Å². The minimum Gasteiger partial charge on any atom is -0.370 e. The number of hydrogen-bond acceptors (Lipinski definition) is 3. The second kappa shape index (κ2) is 3.61. The van der Waals surface area contributed by atoms with Crippen molar-refractivity contribution >= 4 is 27.6 Å². The first-order valence-electron chi connectivity index (χ1n) is 4.53. The minimum atomic E-state index is 0.351. The lowest BCUT2D eigenvalue weighted by molar-refractivity contribution is 0.783. The summed E-state index contributed by atoms with van der Waals surface area (Å²) in [7, 11) is 0. The first kappa shape index (κ1) is 9.52. The summed E-state index contributed by atoms with van der Waals surface area (Å²) >= 11 is 3.44. The van der Waals surface area contributed by atoms with E-state index in [1.807, 2.05) is 29.2 Å². The monoisotopic (exact) mass is 253 g/mol. The molecule has 1 unspecified atom stereocenters. The number of benzene rings is 1. The summed E-state index contributed by atoms with van der Waals surface area (Å²) in [6.07, 6.45) is 0. The predicted molar refractivity (Wildman–Crippen MR) is 62.6 cm³/mol. The van der Waals surface area contributed by atoms with Gasteiger partial charge in [0.1, 0.15) is 0 Å². The fourth-order valence-corrected chi connectivity index (χ4v) is 2.01. The second-order valence-corrected chi connectivity index (χ2v) is 4.31. The summed E-state index contributed by atoms with van der Waals surface area (Å²) in [6.45, 7) is 2.89. The quantitative estimate of drug-likeness (QED) is 0.832. The molecule has 1 aliphatic rings. The number of aliphatic imine (C=N–C) groups is 1. The lowest BCUT2D eigenvalue weighted by Crippen LogP contribution is -2.39. The van der Waals surface area contributed by atoms with Crippen LogP contribution in [0.4, 0.5) is 5.69 Å². The molecule has 1 atom stereocenters. The van der Waals surface area contributed by atoms with E-state index in [0.29, 0.717) is 12.0 Å². The number of hydrogen-bond donors (Lipinski definition) is 1. The molecule has 0 bridgehead atoms. The molecule has 1 heterocycles. The molecule has 3 nitrogen and oxygen atoms in total. The smallest absolute Gasteiger partial charge is 0.196 e. The Bertz CT molecular complexity index is 375. The fourth-order valence-electron chi connectivity index (χ4n) is 1.62. The van der Waals surface area contributed by atoms with Gasteiger partial charge in [-0.25, -0.2) is 0 Å². The summed E-state index contributed by atoms with van der Waals surface area (Å²) in [5, 5.41) is 0. The molecule has 0 spiro atoms.